The van der Waals surface area contributed by atoms with Crippen LogP contribution in [0.1, 0.15) is 18.4 Å². The van der Waals surface area contributed by atoms with Crippen molar-refractivity contribution in [1.29, 1.82) is 0 Å². The molecule has 1 atom stereocenters. The number of amides is 2. The number of benzene rings is 1. The molecule has 1 aromatic carbocycles. The second kappa shape index (κ2) is 7.54. The van der Waals surface area contributed by atoms with Gasteiger partial charge in [0.1, 0.15) is 12.4 Å². The van der Waals surface area contributed by atoms with Crippen LogP contribution in [0.25, 0.3) is 0 Å². The van der Waals surface area contributed by atoms with E-state index in [1.165, 1.54) is 23.1 Å². The molecule has 23 heavy (non-hydrogen) atoms. The Morgan fingerprint density at radius 2 is 2.13 bits per heavy atom. The number of nitrogens with zero attached hydrogens (tertiary/aromatic N) is 1. The van der Waals surface area contributed by atoms with Gasteiger partial charge in [-0.15, -0.1) is 0 Å². The number of hydrogen-bond acceptors (Lipinski definition) is 3. The third kappa shape index (κ3) is 4.51. The van der Waals surface area contributed by atoms with Crippen LogP contribution in [-0.2, 0) is 6.18 Å². The van der Waals surface area contributed by atoms with Crippen LogP contribution in [0.3, 0.4) is 0 Å². The van der Waals surface area contributed by atoms with Gasteiger partial charge in [0, 0.05) is 6.54 Å². The number of rotatable bonds is 5. The summed E-state index contributed by atoms with van der Waals surface area (Å²) < 4.78 is 43.5. The monoisotopic (exact) mass is 332 g/mol. The molecule has 1 fully saturated rings. The van der Waals surface area contributed by atoms with E-state index in [1.54, 1.807) is 0 Å². The van der Waals surface area contributed by atoms with Crippen molar-refractivity contribution in [2.45, 2.75) is 25.1 Å². The summed E-state index contributed by atoms with van der Waals surface area (Å²) in [6.45, 7) is 0.480. The van der Waals surface area contributed by atoms with Crippen LogP contribution >= 0.6 is 0 Å². The van der Waals surface area contributed by atoms with E-state index in [-0.39, 0.29) is 37.6 Å². The minimum atomic E-state index is -4.48. The van der Waals surface area contributed by atoms with Gasteiger partial charge in [0.2, 0.25) is 0 Å². The van der Waals surface area contributed by atoms with Crippen molar-refractivity contribution in [3.05, 3.63) is 29.8 Å². The Bertz CT molecular complexity index is 537. The third-order valence-corrected chi connectivity index (χ3v) is 3.68. The smallest absolute Gasteiger partial charge is 0.419 e. The molecule has 1 aliphatic heterocycles. The Morgan fingerprint density at radius 1 is 1.39 bits per heavy atom. The van der Waals surface area contributed by atoms with E-state index in [0.29, 0.717) is 6.54 Å². The number of carbonyl (C=O) groups excluding carboxylic acids is 1. The Balaban J connectivity index is 1.81. The van der Waals surface area contributed by atoms with Gasteiger partial charge in [-0.25, -0.2) is 4.79 Å². The Labute approximate surface area is 132 Å². The minimum Gasteiger partial charge on any atom is -0.491 e. The van der Waals surface area contributed by atoms with Crippen molar-refractivity contribution in [1.82, 2.24) is 10.2 Å². The number of carbonyl (C=O) groups is 1. The molecule has 1 aromatic rings. The number of urea groups is 1. The highest BCUT2D eigenvalue weighted by molar-refractivity contribution is 5.74. The van der Waals surface area contributed by atoms with E-state index in [1.807, 2.05) is 0 Å². The third-order valence-electron chi connectivity index (χ3n) is 3.68. The first kappa shape index (κ1) is 17.4. The summed E-state index contributed by atoms with van der Waals surface area (Å²) in [6.07, 6.45) is -2.91. The second-order valence-electron chi connectivity index (χ2n) is 5.25. The zero-order chi connectivity index (χ0) is 16.9. The van der Waals surface area contributed by atoms with Gasteiger partial charge in [0.05, 0.1) is 24.8 Å². The van der Waals surface area contributed by atoms with Crippen LogP contribution in [0.4, 0.5) is 18.0 Å². The fourth-order valence-electron chi connectivity index (χ4n) is 2.54. The first-order valence-corrected chi connectivity index (χ1v) is 7.38. The number of hydrogen-bond donors (Lipinski definition) is 2. The molecule has 1 saturated heterocycles. The maximum Gasteiger partial charge on any atom is 0.419 e. The molecule has 1 unspecified atom stereocenters. The number of likely N-dealkylation sites (tertiary alicyclic amines) is 1. The van der Waals surface area contributed by atoms with Crippen molar-refractivity contribution < 1.29 is 27.8 Å². The lowest BCUT2D eigenvalue weighted by Gasteiger charge is -2.23. The normalized spacial score (nSPS) is 18.1. The predicted molar refractivity (Wildman–Crippen MR) is 77.2 cm³/mol. The summed E-state index contributed by atoms with van der Waals surface area (Å²) in [5.74, 6) is -0.261. The highest BCUT2D eigenvalue weighted by atomic mass is 19.4. The molecule has 1 heterocycles. The van der Waals surface area contributed by atoms with Gasteiger partial charge in [-0.05, 0) is 25.0 Å². The quantitative estimate of drug-likeness (QED) is 0.813. The summed E-state index contributed by atoms with van der Waals surface area (Å²) in [6, 6.07) is 4.41. The summed E-state index contributed by atoms with van der Waals surface area (Å²) in [7, 11) is 0. The van der Waals surface area contributed by atoms with E-state index in [9.17, 15) is 18.0 Å². The molecule has 1 aliphatic rings. The largest absolute Gasteiger partial charge is 0.491 e. The van der Waals surface area contributed by atoms with Crippen molar-refractivity contribution in [2.24, 2.45) is 0 Å². The number of alkyl halides is 3. The Morgan fingerprint density at radius 3 is 2.83 bits per heavy atom. The average molecular weight is 332 g/mol. The Hall–Kier alpha value is -1.96. The molecule has 2 rings (SSSR count). The summed E-state index contributed by atoms with van der Waals surface area (Å²) in [5.41, 5.74) is -0.841. The van der Waals surface area contributed by atoms with E-state index in [0.717, 1.165) is 18.9 Å². The van der Waals surface area contributed by atoms with Gasteiger partial charge < -0.3 is 20.1 Å². The SMILES string of the molecule is O=C(NCCOc1ccccc1C(F)(F)F)N1CCCC1CO. The molecule has 0 saturated carbocycles. The maximum absolute atomic E-state index is 12.8. The van der Waals surface area contributed by atoms with Gasteiger partial charge in [-0.2, -0.15) is 13.2 Å². The molecule has 0 spiro atoms. The first-order valence-electron chi connectivity index (χ1n) is 7.38. The van der Waals surface area contributed by atoms with E-state index in [4.69, 9.17) is 9.84 Å². The minimum absolute atomic E-state index is 0.0730. The summed E-state index contributed by atoms with van der Waals surface area (Å²) in [4.78, 5) is 13.5. The van der Waals surface area contributed by atoms with Crippen LogP contribution < -0.4 is 10.1 Å². The zero-order valence-electron chi connectivity index (χ0n) is 12.5. The summed E-state index contributed by atoms with van der Waals surface area (Å²) >= 11 is 0. The Kier molecular flexibility index (Phi) is 5.70. The lowest BCUT2D eigenvalue weighted by atomic mass is 10.2. The van der Waals surface area contributed by atoms with Crippen molar-refractivity contribution in [3.63, 3.8) is 0 Å². The lowest BCUT2D eigenvalue weighted by Crippen LogP contribution is -2.45. The molecule has 128 valence electrons. The van der Waals surface area contributed by atoms with Gasteiger partial charge in [-0.1, -0.05) is 12.1 Å². The standard InChI is InChI=1S/C15H19F3N2O3/c16-15(17,18)12-5-1-2-6-13(12)23-9-7-19-14(22)20-8-3-4-11(20)10-21/h1-2,5-6,11,21H,3-4,7-10H2,(H,19,22). The lowest BCUT2D eigenvalue weighted by molar-refractivity contribution is -0.138. The maximum atomic E-state index is 12.8. The molecule has 5 nitrogen and oxygen atoms in total. The number of para-hydroxylation sites is 1. The van der Waals surface area contributed by atoms with E-state index >= 15 is 0 Å². The van der Waals surface area contributed by atoms with E-state index in [2.05, 4.69) is 5.32 Å². The number of ether oxygens (including phenoxy) is 1. The number of halogens is 3. The molecule has 0 aliphatic carbocycles. The van der Waals surface area contributed by atoms with Crippen LogP contribution in [0.2, 0.25) is 0 Å². The molecule has 0 aromatic heterocycles. The van der Waals surface area contributed by atoms with E-state index < -0.39 is 11.7 Å². The van der Waals surface area contributed by atoms with Crippen LogP contribution in [0, 0.1) is 0 Å². The van der Waals surface area contributed by atoms with Crippen molar-refractivity contribution in [3.8, 4) is 5.75 Å². The van der Waals surface area contributed by atoms with Crippen LogP contribution in [0.15, 0.2) is 24.3 Å². The summed E-state index contributed by atoms with van der Waals surface area (Å²) in [5, 5.41) is 11.7. The average Bonchev–Trinajstić information content (AvgIpc) is 2.99. The number of aliphatic hydroxyl groups is 1. The molecule has 2 N–H and O–H groups in total. The highest BCUT2D eigenvalue weighted by Gasteiger charge is 2.34. The van der Waals surface area contributed by atoms with Gasteiger partial charge in [-0.3, -0.25) is 0 Å². The highest BCUT2D eigenvalue weighted by Crippen LogP contribution is 2.35. The fraction of sp³-hybridized carbons (Fsp3) is 0.533. The van der Waals surface area contributed by atoms with Gasteiger partial charge in [0.25, 0.3) is 0 Å². The molecule has 8 heteroatoms. The topological polar surface area (TPSA) is 61.8 Å². The predicted octanol–water partition coefficient (Wildman–Crippen LogP) is 2.25. The fourth-order valence-corrected chi connectivity index (χ4v) is 2.54. The number of aliphatic hydroxyl groups excluding tert-OH is 1. The van der Waals surface area contributed by atoms with Gasteiger partial charge >= 0.3 is 12.2 Å². The molecular formula is C15H19F3N2O3. The number of nitrogens with one attached hydrogen (secondary N) is 1. The molecule has 0 radical (unpaired) electrons. The zero-order valence-corrected chi connectivity index (χ0v) is 12.5. The van der Waals surface area contributed by atoms with Gasteiger partial charge in [0.15, 0.2) is 0 Å². The first-order chi connectivity index (χ1) is 10.9. The van der Waals surface area contributed by atoms with Crippen molar-refractivity contribution in [2.75, 3.05) is 26.3 Å². The molecular weight excluding hydrogens is 313 g/mol. The van der Waals surface area contributed by atoms with Crippen LogP contribution in [0.5, 0.6) is 5.75 Å². The molecule has 2 amide bonds. The van der Waals surface area contributed by atoms with Crippen LogP contribution in [-0.4, -0.2) is 48.4 Å². The molecule has 0 bridgehead atoms. The second-order valence-corrected chi connectivity index (χ2v) is 5.25. The van der Waals surface area contributed by atoms with Crippen molar-refractivity contribution >= 4 is 6.03 Å².